The number of amides is 1. The van der Waals surface area contributed by atoms with Crippen LogP contribution < -0.4 is 10.6 Å². The molecule has 1 fully saturated rings. The van der Waals surface area contributed by atoms with Gasteiger partial charge in [0.2, 0.25) is 0 Å². The van der Waals surface area contributed by atoms with Crippen molar-refractivity contribution < 1.29 is 9.53 Å². The van der Waals surface area contributed by atoms with E-state index in [4.69, 9.17) is 4.74 Å². The molecular weight excluding hydrogens is 279 g/mol. The summed E-state index contributed by atoms with van der Waals surface area (Å²) in [6.07, 6.45) is 4.96. The number of carbonyl (C=O) groups is 1. The molecule has 2 rings (SSSR count). The van der Waals surface area contributed by atoms with E-state index >= 15 is 0 Å². The van der Waals surface area contributed by atoms with Crippen LogP contribution in [0.1, 0.15) is 0 Å². The van der Waals surface area contributed by atoms with Crippen LogP contribution in [0.15, 0.2) is 18.7 Å². The lowest BCUT2D eigenvalue weighted by Gasteiger charge is -2.22. The molecule has 2 heterocycles. The first kappa shape index (κ1) is 17.2. The maximum absolute atomic E-state index is 11.6. The first-order valence-corrected chi connectivity index (χ1v) is 5.42. The third-order valence-corrected chi connectivity index (χ3v) is 2.45. The first-order chi connectivity index (χ1) is 7.86. The van der Waals surface area contributed by atoms with Gasteiger partial charge in [0.05, 0.1) is 12.9 Å². The zero-order valence-corrected chi connectivity index (χ0v) is 11.5. The third kappa shape index (κ3) is 5.22. The van der Waals surface area contributed by atoms with E-state index in [2.05, 4.69) is 15.6 Å². The molecule has 104 valence electrons. The smallest absolute Gasteiger partial charge is 0.250 e. The summed E-state index contributed by atoms with van der Waals surface area (Å²) in [5.74, 6) is -0.0488. The largest absolute Gasteiger partial charge is 0.366 e. The molecule has 1 aliphatic heterocycles. The lowest BCUT2D eigenvalue weighted by atomic mass is 10.3. The minimum absolute atomic E-state index is 0. The Kier molecular flexibility index (Phi) is 8.74. The van der Waals surface area contributed by atoms with E-state index in [0.717, 1.165) is 13.1 Å². The molecule has 0 bridgehead atoms. The van der Waals surface area contributed by atoms with Gasteiger partial charge < -0.3 is 19.9 Å². The Morgan fingerprint density at radius 1 is 1.56 bits per heavy atom. The summed E-state index contributed by atoms with van der Waals surface area (Å²) in [6, 6.07) is 0. The molecule has 0 aromatic carbocycles. The van der Waals surface area contributed by atoms with Gasteiger partial charge in [-0.25, -0.2) is 4.98 Å². The van der Waals surface area contributed by atoms with Crippen LogP contribution in [0.25, 0.3) is 0 Å². The van der Waals surface area contributed by atoms with Crippen molar-refractivity contribution in [2.45, 2.75) is 12.6 Å². The van der Waals surface area contributed by atoms with Gasteiger partial charge in [-0.2, -0.15) is 0 Å². The van der Waals surface area contributed by atoms with Crippen LogP contribution in [-0.4, -0.2) is 47.8 Å². The van der Waals surface area contributed by atoms with Gasteiger partial charge in [0.25, 0.3) is 5.91 Å². The van der Waals surface area contributed by atoms with Gasteiger partial charge in [-0.3, -0.25) is 4.79 Å². The van der Waals surface area contributed by atoms with Crippen LogP contribution in [-0.2, 0) is 16.1 Å². The van der Waals surface area contributed by atoms with Crippen molar-refractivity contribution in [3.05, 3.63) is 18.7 Å². The lowest BCUT2D eigenvalue weighted by Crippen LogP contribution is -2.48. The van der Waals surface area contributed by atoms with E-state index in [1.54, 1.807) is 12.5 Å². The Labute approximate surface area is 118 Å². The molecule has 1 unspecified atom stereocenters. The van der Waals surface area contributed by atoms with Crippen LogP contribution in [0.5, 0.6) is 0 Å². The number of halogens is 2. The fraction of sp³-hybridized carbons (Fsp3) is 0.600. The van der Waals surface area contributed by atoms with Crippen LogP contribution in [0.4, 0.5) is 0 Å². The highest BCUT2D eigenvalue weighted by molar-refractivity contribution is 5.85. The van der Waals surface area contributed by atoms with Gasteiger partial charge in [0, 0.05) is 38.6 Å². The average Bonchev–Trinajstić information content (AvgIpc) is 2.83. The zero-order valence-electron chi connectivity index (χ0n) is 9.87. The van der Waals surface area contributed by atoms with Crippen molar-refractivity contribution in [2.24, 2.45) is 0 Å². The van der Waals surface area contributed by atoms with Crippen molar-refractivity contribution in [1.82, 2.24) is 20.2 Å². The molecule has 1 aromatic rings. The standard InChI is InChI=1S/C10H16N4O2.2ClH/c15-10(9-7-11-3-6-16-9)13-2-5-14-4-1-12-8-14;;/h1,4,8-9,11H,2-3,5-7H2,(H,13,15);2*1H. The molecule has 2 N–H and O–H groups in total. The van der Waals surface area contributed by atoms with Crippen LogP contribution >= 0.6 is 24.8 Å². The molecule has 1 amide bonds. The van der Waals surface area contributed by atoms with Crippen LogP contribution in [0.3, 0.4) is 0 Å². The monoisotopic (exact) mass is 296 g/mol. The number of nitrogens with zero attached hydrogens (tertiary/aromatic N) is 2. The van der Waals surface area contributed by atoms with E-state index < -0.39 is 0 Å². The molecule has 0 spiro atoms. The van der Waals surface area contributed by atoms with Crippen LogP contribution in [0.2, 0.25) is 0 Å². The Balaban J connectivity index is 0.00000144. The Bertz CT molecular complexity index is 329. The van der Waals surface area contributed by atoms with Crippen molar-refractivity contribution in [2.75, 3.05) is 26.2 Å². The molecule has 0 aliphatic carbocycles. The molecule has 0 radical (unpaired) electrons. The Morgan fingerprint density at radius 3 is 3.00 bits per heavy atom. The summed E-state index contributed by atoms with van der Waals surface area (Å²) in [6.45, 7) is 3.33. The van der Waals surface area contributed by atoms with Crippen molar-refractivity contribution in [3.63, 3.8) is 0 Å². The second-order valence-corrected chi connectivity index (χ2v) is 3.66. The number of ether oxygens (including phenoxy) is 1. The fourth-order valence-corrected chi connectivity index (χ4v) is 1.57. The second-order valence-electron chi connectivity index (χ2n) is 3.66. The van der Waals surface area contributed by atoms with Gasteiger partial charge in [0.1, 0.15) is 6.10 Å². The SMILES string of the molecule is Cl.Cl.O=C(NCCn1ccnc1)C1CNCCO1. The second kappa shape index (κ2) is 9.16. The summed E-state index contributed by atoms with van der Waals surface area (Å²) in [7, 11) is 0. The van der Waals surface area contributed by atoms with Crippen molar-refractivity contribution in [1.29, 1.82) is 0 Å². The molecule has 1 atom stereocenters. The van der Waals surface area contributed by atoms with Crippen LogP contribution in [0, 0.1) is 0 Å². The van der Waals surface area contributed by atoms with E-state index in [0.29, 0.717) is 19.7 Å². The van der Waals surface area contributed by atoms with Gasteiger partial charge in [-0.05, 0) is 0 Å². The zero-order chi connectivity index (χ0) is 11.2. The predicted molar refractivity (Wildman–Crippen MR) is 72.3 cm³/mol. The molecule has 1 aromatic heterocycles. The number of hydrogen-bond acceptors (Lipinski definition) is 4. The number of aromatic nitrogens is 2. The van der Waals surface area contributed by atoms with E-state index in [1.165, 1.54) is 0 Å². The number of rotatable bonds is 4. The third-order valence-electron chi connectivity index (χ3n) is 2.45. The molecule has 8 heteroatoms. The summed E-state index contributed by atoms with van der Waals surface area (Å²) >= 11 is 0. The molecule has 0 saturated carbocycles. The Morgan fingerprint density at radius 2 is 2.39 bits per heavy atom. The minimum Gasteiger partial charge on any atom is -0.366 e. The maximum atomic E-state index is 11.6. The van der Waals surface area contributed by atoms with Crippen molar-refractivity contribution >= 4 is 30.7 Å². The molecule has 1 aliphatic rings. The number of imidazole rings is 1. The summed E-state index contributed by atoms with van der Waals surface area (Å²) < 4.78 is 7.25. The normalized spacial score (nSPS) is 18.3. The Hall–Kier alpha value is -0.820. The summed E-state index contributed by atoms with van der Waals surface area (Å²) in [4.78, 5) is 15.6. The quantitative estimate of drug-likeness (QED) is 0.810. The highest BCUT2D eigenvalue weighted by atomic mass is 35.5. The topological polar surface area (TPSA) is 68.2 Å². The van der Waals surface area contributed by atoms with Gasteiger partial charge in [0.15, 0.2) is 0 Å². The summed E-state index contributed by atoms with van der Waals surface area (Å²) in [5, 5.41) is 5.96. The molecular formula is C10H18Cl2N4O2. The van der Waals surface area contributed by atoms with Gasteiger partial charge >= 0.3 is 0 Å². The van der Waals surface area contributed by atoms with Gasteiger partial charge in [-0.15, -0.1) is 24.8 Å². The number of carbonyl (C=O) groups excluding carboxylic acids is 1. The van der Waals surface area contributed by atoms with Crippen molar-refractivity contribution in [3.8, 4) is 0 Å². The highest BCUT2D eigenvalue weighted by Gasteiger charge is 2.20. The fourth-order valence-electron chi connectivity index (χ4n) is 1.57. The first-order valence-electron chi connectivity index (χ1n) is 5.42. The van der Waals surface area contributed by atoms with E-state index in [1.807, 2.05) is 10.8 Å². The molecule has 18 heavy (non-hydrogen) atoms. The molecule has 6 nitrogen and oxygen atoms in total. The van der Waals surface area contributed by atoms with Gasteiger partial charge in [-0.1, -0.05) is 0 Å². The molecule has 1 saturated heterocycles. The average molecular weight is 297 g/mol. The summed E-state index contributed by atoms with van der Waals surface area (Å²) in [5.41, 5.74) is 0. The number of nitrogens with one attached hydrogen (secondary N) is 2. The lowest BCUT2D eigenvalue weighted by molar-refractivity contribution is -0.134. The van der Waals surface area contributed by atoms with E-state index in [-0.39, 0.29) is 36.8 Å². The van der Waals surface area contributed by atoms with E-state index in [9.17, 15) is 4.79 Å². The minimum atomic E-state index is -0.350. The number of hydrogen-bond donors (Lipinski definition) is 2. The predicted octanol–water partition coefficient (Wildman–Crippen LogP) is -0.169. The maximum Gasteiger partial charge on any atom is 0.250 e. The number of morpholine rings is 1. The highest BCUT2D eigenvalue weighted by Crippen LogP contribution is 1.95.